The van der Waals surface area contributed by atoms with Crippen LogP contribution in [-0.4, -0.2) is 25.1 Å². The molecule has 0 aliphatic rings. The van der Waals surface area contributed by atoms with Crippen molar-refractivity contribution in [3.8, 4) is 0 Å². The third kappa shape index (κ3) is 3.07. The number of allylic oxidation sites excluding steroid dienone is 2. The molecule has 1 aromatic carbocycles. The van der Waals surface area contributed by atoms with Gasteiger partial charge >= 0.3 is 138 Å². The molecular weight excluding hydrogens is 331 g/mol. The van der Waals surface area contributed by atoms with E-state index in [-0.39, 0.29) is 15.8 Å². The Labute approximate surface area is 137 Å². The number of aromatic nitrogens is 2. The third-order valence-electron chi connectivity index (χ3n) is 3.63. The van der Waals surface area contributed by atoms with Gasteiger partial charge in [0.05, 0.1) is 0 Å². The van der Waals surface area contributed by atoms with Crippen LogP contribution < -0.4 is 0 Å². The molecular formula is C19H18AsN2. The summed E-state index contributed by atoms with van der Waals surface area (Å²) in [6.07, 6.45) is 6.96. The van der Waals surface area contributed by atoms with Crippen LogP contribution in [0.25, 0.3) is 11.2 Å². The van der Waals surface area contributed by atoms with Gasteiger partial charge in [-0.25, -0.2) is 0 Å². The van der Waals surface area contributed by atoms with E-state index in [0.29, 0.717) is 0 Å². The predicted molar refractivity (Wildman–Crippen MR) is 94.2 cm³/mol. The van der Waals surface area contributed by atoms with E-state index in [1.54, 1.807) is 0 Å². The van der Waals surface area contributed by atoms with Crippen molar-refractivity contribution >= 4 is 27.0 Å². The van der Waals surface area contributed by atoms with Crippen LogP contribution in [0, 0.1) is 0 Å². The van der Waals surface area contributed by atoms with Gasteiger partial charge in [0.15, 0.2) is 0 Å². The van der Waals surface area contributed by atoms with E-state index in [0.717, 1.165) is 12.1 Å². The Balaban J connectivity index is 2.02. The first kappa shape index (κ1) is 14.9. The molecule has 0 N–H and O–H groups in total. The van der Waals surface area contributed by atoms with Crippen LogP contribution in [0.5, 0.6) is 0 Å². The van der Waals surface area contributed by atoms with Crippen molar-refractivity contribution in [3.05, 3.63) is 89.2 Å². The summed E-state index contributed by atoms with van der Waals surface area (Å²) in [5.41, 5.74) is 8.14. The van der Waals surface area contributed by atoms with E-state index in [1.807, 2.05) is 18.3 Å². The van der Waals surface area contributed by atoms with Gasteiger partial charge < -0.3 is 0 Å². The van der Waals surface area contributed by atoms with Gasteiger partial charge in [0, 0.05) is 0 Å². The Hall–Kier alpha value is -2.05. The van der Waals surface area contributed by atoms with Crippen molar-refractivity contribution in [3.63, 3.8) is 0 Å². The van der Waals surface area contributed by atoms with Crippen LogP contribution in [0.15, 0.2) is 72.4 Å². The first-order valence-electron chi connectivity index (χ1n) is 7.23. The zero-order chi connectivity index (χ0) is 15.4. The second-order valence-corrected chi connectivity index (χ2v) is 6.73. The minimum atomic E-state index is 0.229. The molecule has 0 bridgehead atoms. The summed E-state index contributed by atoms with van der Waals surface area (Å²) in [7, 11) is 0. The van der Waals surface area contributed by atoms with Gasteiger partial charge in [-0.15, -0.1) is 0 Å². The van der Waals surface area contributed by atoms with Gasteiger partial charge in [-0.1, -0.05) is 0 Å². The van der Waals surface area contributed by atoms with E-state index in [9.17, 15) is 0 Å². The maximum atomic E-state index is 4.51. The van der Waals surface area contributed by atoms with Gasteiger partial charge in [-0.2, -0.15) is 0 Å². The third-order valence-corrected chi connectivity index (χ3v) is 4.76. The summed E-state index contributed by atoms with van der Waals surface area (Å²) in [5, 5.41) is 0. The molecule has 0 atom stereocenters. The van der Waals surface area contributed by atoms with Gasteiger partial charge in [0.25, 0.3) is 0 Å². The van der Waals surface area contributed by atoms with Crippen molar-refractivity contribution in [2.45, 2.75) is 12.1 Å². The fourth-order valence-electron chi connectivity index (χ4n) is 2.52. The molecule has 0 amide bonds. The van der Waals surface area contributed by atoms with Crippen LogP contribution in [0.4, 0.5) is 0 Å². The van der Waals surface area contributed by atoms with E-state index in [4.69, 9.17) is 0 Å². The second kappa shape index (κ2) is 6.81. The number of imidazole rings is 1. The first-order chi connectivity index (χ1) is 10.8. The minimum absolute atomic E-state index is 0.229. The van der Waals surface area contributed by atoms with Crippen LogP contribution in [0.1, 0.15) is 16.8 Å². The number of fused-ring (bicyclic) bond motifs is 1. The molecule has 3 aromatic rings. The van der Waals surface area contributed by atoms with Crippen LogP contribution >= 0.6 is 0 Å². The summed E-state index contributed by atoms with van der Waals surface area (Å²) in [5.74, 6) is 0. The standard InChI is InChI=1S/C19H18AsN2/c1-3-16(12-20-2)17-9-10-19-21-13-18(22(19)14-17)11-15-7-5-4-6-8-15/h3-10,12-14H,1,11H2,2H3/b16-12+. The molecule has 0 fully saturated rings. The number of rotatable bonds is 5. The maximum absolute atomic E-state index is 4.51. The molecule has 2 nitrogen and oxygen atoms in total. The predicted octanol–water partition coefficient (Wildman–Crippen LogP) is 4.20. The monoisotopic (exact) mass is 349 g/mol. The Morgan fingerprint density at radius 3 is 2.77 bits per heavy atom. The molecule has 3 rings (SSSR count). The normalized spacial score (nSPS) is 12.3. The van der Waals surface area contributed by atoms with Gasteiger partial charge in [0.2, 0.25) is 0 Å². The molecule has 0 saturated heterocycles. The summed E-state index contributed by atoms with van der Waals surface area (Å²) in [6, 6.07) is 14.7. The van der Waals surface area contributed by atoms with Crippen LogP contribution in [0.2, 0.25) is 5.71 Å². The average molecular weight is 349 g/mol. The molecule has 1 radical (unpaired) electrons. The fraction of sp³-hybridized carbons (Fsp3) is 0.105. The molecule has 0 aliphatic carbocycles. The van der Waals surface area contributed by atoms with Gasteiger partial charge in [0.1, 0.15) is 0 Å². The Bertz CT molecular complexity index is 816. The average Bonchev–Trinajstić information content (AvgIpc) is 2.96. The number of benzene rings is 1. The zero-order valence-electron chi connectivity index (χ0n) is 12.6. The number of pyridine rings is 1. The summed E-state index contributed by atoms with van der Waals surface area (Å²) >= 11 is 0.229. The first-order valence-corrected chi connectivity index (χ1v) is 10.2. The molecule has 22 heavy (non-hydrogen) atoms. The molecule has 3 heteroatoms. The Morgan fingerprint density at radius 2 is 2.05 bits per heavy atom. The summed E-state index contributed by atoms with van der Waals surface area (Å²) in [6.45, 7) is 3.94. The molecule has 2 heterocycles. The SMILES string of the molecule is C=C/C(=C\[As]C)c1ccc2ncc(Cc3ccccc3)n2c1. The summed E-state index contributed by atoms with van der Waals surface area (Å²) in [4.78, 5) is 6.80. The van der Waals surface area contributed by atoms with Crippen molar-refractivity contribution < 1.29 is 0 Å². The van der Waals surface area contributed by atoms with Crippen molar-refractivity contribution in [2.24, 2.45) is 0 Å². The molecule has 0 aliphatic heterocycles. The second-order valence-electron chi connectivity index (χ2n) is 5.10. The van der Waals surface area contributed by atoms with E-state index in [1.165, 1.54) is 22.4 Å². The van der Waals surface area contributed by atoms with Crippen LogP contribution in [-0.2, 0) is 6.42 Å². The number of hydrogen-bond acceptors (Lipinski definition) is 1. The van der Waals surface area contributed by atoms with E-state index < -0.39 is 0 Å². The van der Waals surface area contributed by atoms with Crippen molar-refractivity contribution in [2.75, 3.05) is 0 Å². The quantitative estimate of drug-likeness (QED) is 0.498. The Kier molecular flexibility index (Phi) is 4.60. The summed E-state index contributed by atoms with van der Waals surface area (Å²) < 4.78 is 2.19. The topological polar surface area (TPSA) is 17.3 Å². The van der Waals surface area contributed by atoms with E-state index >= 15 is 0 Å². The fourth-order valence-corrected chi connectivity index (χ4v) is 3.64. The number of hydrogen-bond donors (Lipinski definition) is 0. The molecule has 0 saturated carbocycles. The van der Waals surface area contributed by atoms with Crippen molar-refractivity contribution in [1.29, 1.82) is 0 Å². The zero-order valence-corrected chi connectivity index (χ0v) is 14.5. The molecule has 0 unspecified atom stereocenters. The molecule has 109 valence electrons. The number of nitrogens with zero attached hydrogens (tertiary/aromatic N) is 2. The van der Waals surface area contributed by atoms with E-state index in [2.05, 4.69) is 69.1 Å². The molecule has 0 spiro atoms. The van der Waals surface area contributed by atoms with Crippen LogP contribution in [0.3, 0.4) is 0 Å². The van der Waals surface area contributed by atoms with Gasteiger partial charge in [-0.3, -0.25) is 0 Å². The van der Waals surface area contributed by atoms with Gasteiger partial charge in [-0.05, 0) is 0 Å². The Morgan fingerprint density at radius 1 is 1.23 bits per heavy atom. The molecule has 2 aromatic heterocycles. The van der Waals surface area contributed by atoms with Crippen molar-refractivity contribution in [1.82, 2.24) is 9.38 Å².